The van der Waals surface area contributed by atoms with Crippen molar-refractivity contribution in [1.82, 2.24) is 20.1 Å². The number of hydrogen-bond donors (Lipinski definition) is 1. The third-order valence-electron chi connectivity index (χ3n) is 7.30. The van der Waals surface area contributed by atoms with E-state index in [0.29, 0.717) is 11.4 Å². The maximum absolute atomic E-state index is 13.8. The number of carbonyl (C=O) groups excluding carboxylic acids is 4. The second-order valence-corrected chi connectivity index (χ2v) is 11.4. The molecule has 10 nitrogen and oxygen atoms in total. The Labute approximate surface area is 223 Å². The fourth-order valence-electron chi connectivity index (χ4n) is 4.98. The topological polar surface area (TPSA) is 118 Å². The van der Waals surface area contributed by atoms with E-state index >= 15 is 0 Å². The Bertz CT molecular complexity index is 978. The predicted octanol–water partition coefficient (Wildman–Crippen LogP) is 2.79. The van der Waals surface area contributed by atoms with Gasteiger partial charge in [0.1, 0.15) is 11.0 Å². The molecule has 2 amide bonds. The molecule has 1 aliphatic heterocycles. The highest BCUT2D eigenvalue weighted by atomic mass is 32.1. The van der Waals surface area contributed by atoms with Gasteiger partial charge in [-0.25, -0.2) is 9.78 Å². The zero-order valence-corrected chi connectivity index (χ0v) is 23.5. The van der Waals surface area contributed by atoms with E-state index in [2.05, 4.69) is 15.2 Å². The van der Waals surface area contributed by atoms with E-state index in [0.717, 1.165) is 38.6 Å². The van der Waals surface area contributed by atoms with E-state index in [4.69, 9.17) is 9.47 Å². The summed E-state index contributed by atoms with van der Waals surface area (Å²) in [5, 5.41) is 5.11. The predicted molar refractivity (Wildman–Crippen MR) is 139 cm³/mol. The second kappa shape index (κ2) is 12.8. The molecule has 4 atom stereocenters. The zero-order valence-electron chi connectivity index (χ0n) is 22.7. The van der Waals surface area contributed by atoms with E-state index in [-0.39, 0.29) is 41.4 Å². The largest absolute Gasteiger partial charge is 0.464 e. The molecule has 1 aliphatic carbocycles. The molecule has 1 aromatic rings. The van der Waals surface area contributed by atoms with Gasteiger partial charge in [0, 0.05) is 31.8 Å². The van der Waals surface area contributed by atoms with Gasteiger partial charge in [0.15, 0.2) is 11.8 Å². The van der Waals surface area contributed by atoms with Gasteiger partial charge in [0.2, 0.25) is 11.8 Å². The van der Waals surface area contributed by atoms with E-state index in [1.165, 1.54) is 25.4 Å². The summed E-state index contributed by atoms with van der Waals surface area (Å²) in [6.07, 6.45) is 4.27. The third-order valence-corrected chi connectivity index (χ3v) is 8.24. The molecule has 0 unspecified atom stereocenters. The minimum Gasteiger partial charge on any atom is -0.464 e. The number of thiazole rings is 1. The first-order chi connectivity index (χ1) is 17.5. The number of methoxy groups -OCH3 is 1. The number of nitrogens with one attached hydrogen (secondary N) is 1. The van der Waals surface area contributed by atoms with Gasteiger partial charge in [-0.2, -0.15) is 0 Å². The lowest BCUT2D eigenvalue weighted by atomic mass is 9.95. The van der Waals surface area contributed by atoms with Crippen LogP contribution in [0.2, 0.25) is 0 Å². The van der Waals surface area contributed by atoms with Crippen LogP contribution in [0.5, 0.6) is 0 Å². The molecule has 1 aromatic heterocycles. The van der Waals surface area contributed by atoms with Crippen molar-refractivity contribution in [3.63, 3.8) is 0 Å². The molecule has 2 aliphatic rings. The van der Waals surface area contributed by atoms with Crippen molar-refractivity contribution < 1.29 is 28.7 Å². The molecular weight excluding hydrogens is 496 g/mol. The Morgan fingerprint density at radius 2 is 1.92 bits per heavy atom. The lowest BCUT2D eigenvalue weighted by molar-refractivity contribution is -0.149. The first kappa shape index (κ1) is 29.0. The maximum Gasteiger partial charge on any atom is 0.357 e. The number of hydrogen-bond acceptors (Lipinski definition) is 9. The number of carbonyl (C=O) groups is 4. The molecule has 206 valence electrons. The van der Waals surface area contributed by atoms with Crippen LogP contribution in [-0.2, 0) is 23.9 Å². The van der Waals surface area contributed by atoms with Crippen LogP contribution in [0.25, 0.3) is 0 Å². The molecule has 3 rings (SSSR count). The summed E-state index contributed by atoms with van der Waals surface area (Å²) >= 11 is 1.21. The van der Waals surface area contributed by atoms with Crippen LogP contribution in [0.3, 0.4) is 0 Å². The van der Waals surface area contributed by atoms with Crippen molar-refractivity contribution in [2.24, 2.45) is 11.8 Å². The molecule has 2 fully saturated rings. The summed E-state index contributed by atoms with van der Waals surface area (Å²) in [4.78, 5) is 58.8. The van der Waals surface area contributed by atoms with Crippen molar-refractivity contribution >= 4 is 35.1 Å². The van der Waals surface area contributed by atoms with Gasteiger partial charge in [-0.1, -0.05) is 20.3 Å². The number of likely N-dealkylation sites (N-methyl/N-ethyl adjacent to an activating group) is 2. The normalized spacial score (nSPS) is 20.6. The van der Waals surface area contributed by atoms with Gasteiger partial charge in [-0.05, 0) is 51.1 Å². The highest BCUT2D eigenvalue weighted by molar-refractivity contribution is 7.09. The van der Waals surface area contributed by atoms with Crippen LogP contribution in [0.4, 0.5) is 0 Å². The van der Waals surface area contributed by atoms with E-state index in [9.17, 15) is 19.2 Å². The average molecular weight is 537 g/mol. The van der Waals surface area contributed by atoms with Gasteiger partial charge >= 0.3 is 11.9 Å². The first-order valence-electron chi connectivity index (χ1n) is 13.0. The van der Waals surface area contributed by atoms with Crippen molar-refractivity contribution in [3.05, 3.63) is 16.1 Å². The van der Waals surface area contributed by atoms with Crippen LogP contribution in [-0.4, -0.2) is 84.4 Å². The second-order valence-electron chi connectivity index (χ2n) is 10.5. The molecule has 2 heterocycles. The summed E-state index contributed by atoms with van der Waals surface area (Å²) < 4.78 is 10.3. The number of ether oxygens (including phenoxy) is 2. The minimum absolute atomic E-state index is 0.0343. The standard InChI is InChI=1S/C26H40N4O6S/c1-15(2)20(13-21(36-16(3)31)24-27-18(14-37-24)26(34)35-6)30(5)25(33)22(17-10-11-17)28-23(32)19-9-7-8-12-29(19)4/h14-15,17,19-22H,7-13H2,1-6H3,(H,28,32)/t19-,20-,21-,22+/m1/s1. The molecule has 0 bridgehead atoms. The molecule has 37 heavy (non-hydrogen) atoms. The van der Waals surface area contributed by atoms with Crippen LogP contribution in [0, 0.1) is 11.8 Å². The fourth-order valence-corrected chi connectivity index (χ4v) is 5.81. The molecular formula is C26H40N4O6S. The number of rotatable bonds is 11. The van der Waals surface area contributed by atoms with Gasteiger partial charge in [0.05, 0.1) is 13.2 Å². The fraction of sp³-hybridized carbons (Fsp3) is 0.731. The van der Waals surface area contributed by atoms with Gasteiger partial charge in [-0.3, -0.25) is 19.3 Å². The van der Waals surface area contributed by atoms with Crippen molar-refractivity contribution in [2.75, 3.05) is 27.7 Å². The minimum atomic E-state index is -0.728. The van der Waals surface area contributed by atoms with Crippen LogP contribution in [0.1, 0.15) is 80.9 Å². The van der Waals surface area contributed by atoms with Crippen molar-refractivity contribution in [1.29, 1.82) is 0 Å². The summed E-state index contributed by atoms with van der Waals surface area (Å²) in [7, 11) is 4.98. The average Bonchev–Trinajstić information content (AvgIpc) is 3.58. The smallest absolute Gasteiger partial charge is 0.357 e. The SMILES string of the molecule is COC(=O)c1csc([C@@H](C[C@H](C(C)C)N(C)C(=O)[C@@H](NC(=O)[C@H]2CCCCN2C)C2CC2)OC(C)=O)n1. The molecule has 1 saturated carbocycles. The van der Waals surface area contributed by atoms with Gasteiger partial charge in [-0.15, -0.1) is 11.3 Å². The highest BCUT2D eigenvalue weighted by Crippen LogP contribution is 2.35. The van der Waals surface area contributed by atoms with Gasteiger partial charge in [0.25, 0.3) is 0 Å². The number of esters is 2. The molecule has 0 aromatic carbocycles. The molecule has 11 heteroatoms. The van der Waals surface area contributed by atoms with Gasteiger partial charge < -0.3 is 19.7 Å². The highest BCUT2D eigenvalue weighted by Gasteiger charge is 2.42. The zero-order chi connectivity index (χ0) is 27.3. The lowest BCUT2D eigenvalue weighted by Crippen LogP contribution is -2.56. The number of likely N-dealkylation sites (tertiary alicyclic amines) is 1. The summed E-state index contributed by atoms with van der Waals surface area (Å²) in [5.41, 5.74) is 0.148. The third kappa shape index (κ3) is 7.50. The van der Waals surface area contributed by atoms with E-state index in [1.807, 2.05) is 20.9 Å². The van der Waals surface area contributed by atoms with E-state index < -0.39 is 24.1 Å². The summed E-state index contributed by atoms with van der Waals surface area (Å²) in [5.74, 6) is -1.10. The Morgan fingerprint density at radius 1 is 1.22 bits per heavy atom. The molecule has 1 saturated heterocycles. The molecule has 0 spiro atoms. The van der Waals surface area contributed by atoms with Crippen molar-refractivity contribution in [3.8, 4) is 0 Å². The van der Waals surface area contributed by atoms with Crippen LogP contribution >= 0.6 is 11.3 Å². The first-order valence-corrected chi connectivity index (χ1v) is 13.9. The monoisotopic (exact) mass is 536 g/mol. The van der Waals surface area contributed by atoms with E-state index in [1.54, 1.807) is 17.3 Å². The number of nitrogens with zero attached hydrogens (tertiary/aromatic N) is 3. The Morgan fingerprint density at radius 3 is 2.49 bits per heavy atom. The summed E-state index contributed by atoms with van der Waals surface area (Å²) in [6.45, 7) is 6.20. The Balaban J connectivity index is 1.77. The maximum atomic E-state index is 13.8. The quantitative estimate of drug-likeness (QED) is 0.429. The number of aromatic nitrogens is 1. The number of amides is 2. The van der Waals surface area contributed by atoms with Crippen LogP contribution in [0.15, 0.2) is 5.38 Å². The van der Waals surface area contributed by atoms with Crippen molar-refractivity contribution in [2.45, 2.75) is 83.5 Å². The Hall–Kier alpha value is -2.53. The Kier molecular flexibility index (Phi) is 10.1. The summed E-state index contributed by atoms with van der Waals surface area (Å²) in [6, 6.07) is -1.08. The molecule has 1 N–H and O–H groups in total. The number of piperidine rings is 1. The lowest BCUT2D eigenvalue weighted by Gasteiger charge is -2.37. The van der Waals surface area contributed by atoms with Crippen LogP contribution < -0.4 is 5.32 Å². The molecule has 0 radical (unpaired) electrons.